The molecular formula is C24H25N5O2. The van der Waals surface area contributed by atoms with E-state index in [4.69, 9.17) is 4.52 Å². The zero-order valence-electron chi connectivity index (χ0n) is 18.1. The van der Waals surface area contributed by atoms with Gasteiger partial charge in [-0.05, 0) is 57.5 Å². The molecule has 158 valence electrons. The summed E-state index contributed by atoms with van der Waals surface area (Å²) in [6.07, 6.45) is 0. The highest BCUT2D eigenvalue weighted by atomic mass is 16.5. The Hall–Kier alpha value is -3.74. The van der Waals surface area contributed by atoms with E-state index in [1.165, 1.54) is 0 Å². The third kappa shape index (κ3) is 4.71. The lowest BCUT2D eigenvalue weighted by Gasteiger charge is -2.10. The second kappa shape index (κ2) is 8.55. The van der Waals surface area contributed by atoms with Crippen LogP contribution in [0.2, 0.25) is 0 Å². The van der Waals surface area contributed by atoms with Crippen LogP contribution in [0.1, 0.15) is 51.7 Å². The first-order valence-corrected chi connectivity index (χ1v) is 10.2. The Morgan fingerprint density at radius 1 is 1.10 bits per heavy atom. The predicted molar refractivity (Wildman–Crippen MR) is 118 cm³/mol. The highest BCUT2D eigenvalue weighted by molar-refractivity contribution is 5.94. The van der Waals surface area contributed by atoms with Gasteiger partial charge in [0.1, 0.15) is 6.04 Å². The van der Waals surface area contributed by atoms with Gasteiger partial charge in [-0.3, -0.25) is 9.48 Å². The number of hydrogen-bond acceptors (Lipinski definition) is 5. The molecule has 0 fully saturated rings. The predicted octanol–water partition coefficient (Wildman–Crippen LogP) is 4.40. The summed E-state index contributed by atoms with van der Waals surface area (Å²) in [5, 5.41) is 11.4. The van der Waals surface area contributed by atoms with Crippen LogP contribution in [0.25, 0.3) is 11.4 Å². The van der Waals surface area contributed by atoms with Gasteiger partial charge in [-0.15, -0.1) is 0 Å². The molecule has 2 aromatic carbocycles. The van der Waals surface area contributed by atoms with Crippen molar-refractivity contribution in [2.75, 3.05) is 0 Å². The van der Waals surface area contributed by atoms with Gasteiger partial charge in [0.25, 0.3) is 5.91 Å². The van der Waals surface area contributed by atoms with E-state index in [1.54, 1.807) is 0 Å². The molecule has 1 atom stereocenters. The summed E-state index contributed by atoms with van der Waals surface area (Å²) >= 11 is 0. The van der Waals surface area contributed by atoms with Gasteiger partial charge in [0.05, 0.1) is 12.2 Å². The Kier molecular flexibility index (Phi) is 5.66. The van der Waals surface area contributed by atoms with Crippen molar-refractivity contribution in [3.05, 3.63) is 88.6 Å². The van der Waals surface area contributed by atoms with Crippen LogP contribution in [-0.2, 0) is 6.54 Å². The van der Waals surface area contributed by atoms with Gasteiger partial charge < -0.3 is 9.84 Å². The lowest BCUT2D eigenvalue weighted by molar-refractivity contribution is 0.0932. The van der Waals surface area contributed by atoms with E-state index in [1.807, 2.05) is 87.0 Å². The van der Waals surface area contributed by atoms with Crippen LogP contribution in [0.4, 0.5) is 0 Å². The van der Waals surface area contributed by atoms with Gasteiger partial charge >= 0.3 is 0 Å². The molecule has 0 bridgehead atoms. The maximum Gasteiger partial charge on any atom is 0.251 e. The number of carbonyl (C=O) groups excluding carboxylic acids is 1. The fourth-order valence-corrected chi connectivity index (χ4v) is 3.42. The number of aromatic nitrogens is 4. The van der Waals surface area contributed by atoms with E-state index in [9.17, 15) is 4.79 Å². The zero-order chi connectivity index (χ0) is 22.0. The van der Waals surface area contributed by atoms with Gasteiger partial charge in [-0.1, -0.05) is 41.1 Å². The molecule has 7 heteroatoms. The van der Waals surface area contributed by atoms with E-state index in [0.29, 0.717) is 23.8 Å². The van der Waals surface area contributed by atoms with Crippen molar-refractivity contribution in [1.29, 1.82) is 0 Å². The van der Waals surface area contributed by atoms with Crippen LogP contribution < -0.4 is 5.32 Å². The first-order chi connectivity index (χ1) is 14.9. The van der Waals surface area contributed by atoms with Gasteiger partial charge in [0.2, 0.25) is 11.7 Å². The first kappa shape index (κ1) is 20.5. The first-order valence-electron chi connectivity index (χ1n) is 10.2. The van der Waals surface area contributed by atoms with Crippen LogP contribution in [0, 0.1) is 20.8 Å². The molecule has 1 amide bonds. The van der Waals surface area contributed by atoms with E-state index in [-0.39, 0.29) is 5.91 Å². The molecule has 0 saturated heterocycles. The quantitative estimate of drug-likeness (QED) is 0.504. The average Bonchev–Trinajstić information content (AvgIpc) is 3.35. The monoisotopic (exact) mass is 415 g/mol. The van der Waals surface area contributed by atoms with Crippen molar-refractivity contribution < 1.29 is 9.32 Å². The van der Waals surface area contributed by atoms with Crippen LogP contribution >= 0.6 is 0 Å². The highest BCUT2D eigenvalue weighted by Crippen LogP contribution is 2.20. The van der Waals surface area contributed by atoms with Gasteiger partial charge in [0, 0.05) is 16.8 Å². The summed E-state index contributed by atoms with van der Waals surface area (Å²) in [7, 11) is 0. The summed E-state index contributed by atoms with van der Waals surface area (Å²) in [6, 6.07) is 17.0. The Balaban J connectivity index is 1.40. The second-order valence-electron chi connectivity index (χ2n) is 7.80. The van der Waals surface area contributed by atoms with E-state index >= 15 is 0 Å². The van der Waals surface area contributed by atoms with E-state index < -0.39 is 6.04 Å². The SMILES string of the molecule is Cc1cccc(-c2noc(C(C)NC(=O)c3ccc(Cn4nc(C)cc4C)cc3)n2)c1. The molecular weight excluding hydrogens is 390 g/mol. The number of nitrogens with one attached hydrogen (secondary N) is 1. The number of benzene rings is 2. The van der Waals surface area contributed by atoms with Crippen LogP contribution in [0.15, 0.2) is 59.1 Å². The fourth-order valence-electron chi connectivity index (χ4n) is 3.42. The molecule has 2 aromatic heterocycles. The van der Waals surface area contributed by atoms with Crippen molar-refractivity contribution >= 4 is 5.91 Å². The number of amides is 1. The minimum absolute atomic E-state index is 0.194. The average molecular weight is 415 g/mol. The van der Waals surface area contributed by atoms with Crippen molar-refractivity contribution in [1.82, 2.24) is 25.2 Å². The lowest BCUT2D eigenvalue weighted by Crippen LogP contribution is -2.26. The molecule has 2 heterocycles. The molecule has 0 spiro atoms. The number of nitrogens with zero attached hydrogens (tertiary/aromatic N) is 4. The normalized spacial score (nSPS) is 12.0. The van der Waals surface area contributed by atoms with Gasteiger partial charge in [0.15, 0.2) is 0 Å². The summed E-state index contributed by atoms with van der Waals surface area (Å²) < 4.78 is 7.32. The summed E-state index contributed by atoms with van der Waals surface area (Å²) in [6.45, 7) is 8.51. The summed E-state index contributed by atoms with van der Waals surface area (Å²) in [4.78, 5) is 17.1. The maximum absolute atomic E-state index is 12.7. The maximum atomic E-state index is 12.7. The van der Waals surface area contributed by atoms with Crippen molar-refractivity contribution in [2.24, 2.45) is 0 Å². The molecule has 0 aliphatic rings. The van der Waals surface area contributed by atoms with E-state index in [0.717, 1.165) is 28.1 Å². The molecule has 7 nitrogen and oxygen atoms in total. The molecule has 1 unspecified atom stereocenters. The Labute approximate surface area is 181 Å². The summed E-state index contributed by atoms with van der Waals surface area (Å²) in [5.41, 5.74) is 5.75. The third-order valence-electron chi connectivity index (χ3n) is 5.09. The molecule has 0 saturated carbocycles. The number of rotatable bonds is 6. The Bertz CT molecular complexity index is 1210. The van der Waals surface area contributed by atoms with Crippen molar-refractivity contribution in [3.8, 4) is 11.4 Å². The van der Waals surface area contributed by atoms with E-state index in [2.05, 4.69) is 20.6 Å². The third-order valence-corrected chi connectivity index (χ3v) is 5.09. The molecule has 31 heavy (non-hydrogen) atoms. The number of hydrogen-bond donors (Lipinski definition) is 1. The molecule has 0 radical (unpaired) electrons. The Morgan fingerprint density at radius 2 is 1.87 bits per heavy atom. The van der Waals surface area contributed by atoms with Gasteiger partial charge in [-0.25, -0.2) is 0 Å². The van der Waals surface area contributed by atoms with Crippen LogP contribution in [-0.4, -0.2) is 25.8 Å². The molecule has 4 rings (SSSR count). The zero-order valence-corrected chi connectivity index (χ0v) is 18.1. The minimum Gasteiger partial charge on any atom is -0.341 e. The van der Waals surface area contributed by atoms with Crippen molar-refractivity contribution in [2.45, 2.75) is 40.3 Å². The lowest BCUT2D eigenvalue weighted by atomic mass is 10.1. The number of aryl methyl sites for hydroxylation is 3. The van der Waals surface area contributed by atoms with Crippen LogP contribution in [0.5, 0.6) is 0 Å². The Morgan fingerprint density at radius 3 is 2.55 bits per heavy atom. The smallest absolute Gasteiger partial charge is 0.251 e. The molecule has 1 N–H and O–H groups in total. The summed E-state index contributed by atoms with van der Waals surface area (Å²) in [5.74, 6) is 0.680. The highest BCUT2D eigenvalue weighted by Gasteiger charge is 2.18. The van der Waals surface area contributed by atoms with Crippen LogP contribution in [0.3, 0.4) is 0 Å². The minimum atomic E-state index is -0.409. The topological polar surface area (TPSA) is 85.8 Å². The largest absolute Gasteiger partial charge is 0.341 e. The number of carbonyl (C=O) groups is 1. The second-order valence-corrected chi connectivity index (χ2v) is 7.80. The van der Waals surface area contributed by atoms with Gasteiger partial charge in [-0.2, -0.15) is 10.1 Å². The molecule has 0 aliphatic heterocycles. The standard InChI is InChI=1S/C24H25N5O2/c1-15-6-5-7-21(12-15)22-26-24(31-28-22)18(4)25-23(30)20-10-8-19(9-11-20)14-29-17(3)13-16(2)27-29/h5-13,18H,14H2,1-4H3,(H,25,30). The molecule has 4 aromatic rings. The molecule has 0 aliphatic carbocycles. The van der Waals surface area contributed by atoms with Crippen molar-refractivity contribution in [3.63, 3.8) is 0 Å². The fraction of sp³-hybridized carbons (Fsp3) is 0.250.